The molecule has 0 heterocycles. The van der Waals surface area contributed by atoms with Crippen LogP contribution in [0, 0.1) is 10.1 Å². The zero-order chi connectivity index (χ0) is 19.8. The quantitative estimate of drug-likeness (QED) is 0.420. The lowest BCUT2D eigenvalue weighted by Crippen LogP contribution is -2.46. The molecule has 2 rings (SSSR count). The number of methoxy groups -OCH3 is 1. The Bertz CT molecular complexity index is 792. The molecule has 0 fully saturated rings. The van der Waals surface area contributed by atoms with Crippen LogP contribution in [0.5, 0.6) is 5.75 Å². The number of ether oxygens (including phenoxy) is 2. The second-order valence-electron chi connectivity index (χ2n) is 5.75. The Morgan fingerprint density at radius 3 is 2.30 bits per heavy atom. The summed E-state index contributed by atoms with van der Waals surface area (Å²) in [6.45, 7) is 1.79. The predicted molar refractivity (Wildman–Crippen MR) is 97.5 cm³/mol. The van der Waals surface area contributed by atoms with Crippen molar-refractivity contribution >= 4 is 17.7 Å². The van der Waals surface area contributed by atoms with E-state index in [0.29, 0.717) is 6.42 Å². The fourth-order valence-corrected chi connectivity index (χ4v) is 2.43. The van der Waals surface area contributed by atoms with Gasteiger partial charge in [-0.15, -0.1) is 0 Å². The number of benzene rings is 2. The lowest BCUT2D eigenvalue weighted by molar-refractivity contribution is -0.384. The Labute approximate surface area is 156 Å². The molecule has 0 radical (unpaired) electrons. The fraction of sp³-hybridized carbons (Fsp3) is 0.263. The molecule has 1 atom stereocenters. The average Bonchev–Trinajstić information content (AvgIpc) is 2.68. The van der Waals surface area contributed by atoms with Crippen molar-refractivity contribution in [2.75, 3.05) is 13.7 Å². The van der Waals surface area contributed by atoms with Crippen LogP contribution in [-0.4, -0.2) is 41.6 Å². The maximum Gasteiger partial charge on any atom is 0.415 e. The van der Waals surface area contributed by atoms with Gasteiger partial charge in [0.2, 0.25) is 0 Å². The van der Waals surface area contributed by atoms with Crippen molar-refractivity contribution in [2.24, 2.45) is 0 Å². The minimum absolute atomic E-state index is 0.112. The number of nitrogens with zero attached hydrogens (tertiary/aromatic N) is 2. The Kier molecular flexibility index (Phi) is 6.87. The average molecular weight is 372 g/mol. The molecule has 0 saturated carbocycles. The Balaban J connectivity index is 2.11. The number of amides is 1. The van der Waals surface area contributed by atoms with E-state index in [1.165, 1.54) is 36.3 Å². The van der Waals surface area contributed by atoms with E-state index in [1.54, 1.807) is 6.92 Å². The Hall–Kier alpha value is -3.42. The molecular weight excluding hydrogens is 352 g/mol. The molecule has 8 heteroatoms. The first-order valence-corrected chi connectivity index (χ1v) is 8.27. The number of rotatable bonds is 7. The molecule has 0 unspecified atom stereocenters. The van der Waals surface area contributed by atoms with Crippen LogP contribution in [0.2, 0.25) is 0 Å². The first-order chi connectivity index (χ1) is 12.9. The van der Waals surface area contributed by atoms with Crippen molar-refractivity contribution in [1.82, 2.24) is 4.90 Å². The number of hydrogen-bond donors (Lipinski definition) is 0. The van der Waals surface area contributed by atoms with E-state index >= 15 is 0 Å². The fourth-order valence-electron chi connectivity index (χ4n) is 2.43. The van der Waals surface area contributed by atoms with Crippen LogP contribution in [0.15, 0.2) is 54.6 Å². The molecule has 0 aliphatic rings. The van der Waals surface area contributed by atoms with E-state index in [9.17, 15) is 19.7 Å². The van der Waals surface area contributed by atoms with Gasteiger partial charge in [-0.05, 0) is 31.0 Å². The van der Waals surface area contributed by atoms with Gasteiger partial charge in [0, 0.05) is 18.7 Å². The van der Waals surface area contributed by atoms with Crippen LogP contribution >= 0.6 is 0 Å². The molecule has 0 spiro atoms. The van der Waals surface area contributed by atoms with Gasteiger partial charge in [-0.3, -0.25) is 15.0 Å². The summed E-state index contributed by atoms with van der Waals surface area (Å²) >= 11 is 0. The second-order valence-corrected chi connectivity index (χ2v) is 5.75. The van der Waals surface area contributed by atoms with Gasteiger partial charge in [-0.1, -0.05) is 30.3 Å². The van der Waals surface area contributed by atoms with Crippen LogP contribution in [-0.2, 0) is 16.0 Å². The molecule has 0 aromatic heterocycles. The number of esters is 1. The van der Waals surface area contributed by atoms with Crippen LogP contribution in [0.4, 0.5) is 10.5 Å². The minimum Gasteiger partial charge on any atom is -0.467 e. The zero-order valence-corrected chi connectivity index (χ0v) is 15.0. The maximum atomic E-state index is 12.6. The van der Waals surface area contributed by atoms with Crippen molar-refractivity contribution in [3.05, 3.63) is 70.3 Å². The number of carbonyl (C=O) groups is 2. The number of nitro groups is 1. The topological polar surface area (TPSA) is 99.0 Å². The van der Waals surface area contributed by atoms with Crippen molar-refractivity contribution in [1.29, 1.82) is 0 Å². The van der Waals surface area contributed by atoms with Gasteiger partial charge in [-0.25, -0.2) is 9.59 Å². The molecule has 0 aliphatic carbocycles. The third-order valence-electron chi connectivity index (χ3n) is 3.98. The van der Waals surface area contributed by atoms with Gasteiger partial charge >= 0.3 is 12.1 Å². The van der Waals surface area contributed by atoms with Crippen LogP contribution in [0.25, 0.3) is 0 Å². The van der Waals surface area contributed by atoms with Crippen LogP contribution < -0.4 is 4.74 Å². The maximum absolute atomic E-state index is 12.6. The Morgan fingerprint density at radius 2 is 1.74 bits per heavy atom. The number of carbonyl (C=O) groups excluding carboxylic acids is 2. The molecule has 0 N–H and O–H groups in total. The molecule has 2 aromatic carbocycles. The smallest absolute Gasteiger partial charge is 0.415 e. The van der Waals surface area contributed by atoms with Gasteiger partial charge in [0.1, 0.15) is 11.8 Å². The zero-order valence-electron chi connectivity index (χ0n) is 15.0. The first-order valence-electron chi connectivity index (χ1n) is 8.27. The van der Waals surface area contributed by atoms with Gasteiger partial charge in [0.15, 0.2) is 0 Å². The highest BCUT2D eigenvalue weighted by molar-refractivity contribution is 5.81. The molecule has 8 nitrogen and oxygen atoms in total. The number of nitro benzene ring substituents is 1. The summed E-state index contributed by atoms with van der Waals surface area (Å²) in [5, 5.41) is 10.7. The summed E-state index contributed by atoms with van der Waals surface area (Å²) in [5.74, 6) is -0.420. The van der Waals surface area contributed by atoms with E-state index in [4.69, 9.17) is 9.47 Å². The van der Waals surface area contributed by atoms with Gasteiger partial charge in [0.05, 0.1) is 12.0 Å². The summed E-state index contributed by atoms with van der Waals surface area (Å²) in [6.07, 6.45) is -0.213. The first kappa shape index (κ1) is 19.9. The van der Waals surface area contributed by atoms with E-state index in [2.05, 4.69) is 0 Å². The van der Waals surface area contributed by atoms with Gasteiger partial charge in [-0.2, -0.15) is 0 Å². The summed E-state index contributed by atoms with van der Waals surface area (Å²) < 4.78 is 10.00. The third-order valence-corrected chi connectivity index (χ3v) is 3.98. The predicted octanol–water partition coefficient (Wildman–Crippen LogP) is 3.20. The monoisotopic (exact) mass is 372 g/mol. The summed E-state index contributed by atoms with van der Waals surface area (Å²) in [4.78, 5) is 35.9. The summed E-state index contributed by atoms with van der Waals surface area (Å²) in [6, 6.07) is 13.8. The highest BCUT2D eigenvalue weighted by Gasteiger charge is 2.28. The van der Waals surface area contributed by atoms with Crippen molar-refractivity contribution in [3.63, 3.8) is 0 Å². The molecular formula is C19H20N2O6. The normalized spacial score (nSPS) is 11.3. The van der Waals surface area contributed by atoms with Crippen molar-refractivity contribution < 1.29 is 24.0 Å². The van der Waals surface area contributed by atoms with E-state index in [0.717, 1.165) is 5.56 Å². The van der Waals surface area contributed by atoms with Crippen LogP contribution in [0.1, 0.15) is 12.5 Å². The van der Waals surface area contributed by atoms with E-state index in [1.807, 2.05) is 30.3 Å². The second kappa shape index (κ2) is 9.33. The molecule has 0 saturated heterocycles. The van der Waals surface area contributed by atoms with Crippen LogP contribution in [0.3, 0.4) is 0 Å². The van der Waals surface area contributed by atoms with E-state index < -0.39 is 23.0 Å². The number of non-ortho nitro benzene ring substituents is 1. The lowest BCUT2D eigenvalue weighted by atomic mass is 10.1. The molecule has 0 bridgehead atoms. The molecule has 27 heavy (non-hydrogen) atoms. The minimum atomic E-state index is -0.843. The Morgan fingerprint density at radius 1 is 1.11 bits per heavy atom. The summed E-state index contributed by atoms with van der Waals surface area (Å²) in [7, 11) is 1.25. The lowest BCUT2D eigenvalue weighted by Gasteiger charge is -2.26. The number of hydrogen-bond acceptors (Lipinski definition) is 6. The van der Waals surface area contributed by atoms with Crippen molar-refractivity contribution in [2.45, 2.75) is 19.4 Å². The molecule has 0 aliphatic heterocycles. The SMILES string of the molecule is COC(=O)[C@H](C)N(CCc1ccccc1)C(=O)Oc1ccc([N+](=O)[O-])cc1. The van der Waals surface area contributed by atoms with Crippen molar-refractivity contribution in [3.8, 4) is 5.75 Å². The van der Waals surface area contributed by atoms with Gasteiger partial charge in [0.25, 0.3) is 5.69 Å². The van der Waals surface area contributed by atoms with Gasteiger partial charge < -0.3 is 9.47 Å². The molecule has 2 aromatic rings. The molecule has 1 amide bonds. The largest absolute Gasteiger partial charge is 0.467 e. The third kappa shape index (κ3) is 5.53. The van der Waals surface area contributed by atoms with E-state index in [-0.39, 0.29) is 18.0 Å². The highest BCUT2D eigenvalue weighted by Crippen LogP contribution is 2.19. The summed E-state index contributed by atoms with van der Waals surface area (Å²) in [5.41, 5.74) is 0.890. The highest BCUT2D eigenvalue weighted by atomic mass is 16.6. The standard InChI is InChI=1S/C19H20N2O6/c1-14(18(22)26-2)20(13-12-15-6-4-3-5-7-15)19(23)27-17-10-8-16(9-11-17)21(24)25/h3-11,14H,12-13H2,1-2H3/t14-/m0/s1. The molecule has 142 valence electrons.